The quantitative estimate of drug-likeness (QED) is 0.662. The van der Waals surface area contributed by atoms with Crippen molar-refractivity contribution in [3.8, 4) is 11.3 Å². The minimum absolute atomic E-state index is 0.0994. The lowest BCUT2D eigenvalue weighted by Crippen LogP contribution is -2.28. The van der Waals surface area contributed by atoms with Gasteiger partial charge in [-0.15, -0.1) is 0 Å². The Kier molecular flexibility index (Phi) is 5.38. The highest BCUT2D eigenvalue weighted by atomic mass is 32.2. The average molecular weight is 399 g/mol. The summed E-state index contributed by atoms with van der Waals surface area (Å²) in [6.07, 6.45) is 0.425. The van der Waals surface area contributed by atoms with Crippen molar-refractivity contribution in [3.63, 3.8) is 0 Å². The number of sulfonamides is 1. The number of rotatable bonds is 7. The first-order valence-electron chi connectivity index (χ1n) is 7.93. The molecule has 2 heterocycles. The van der Waals surface area contributed by atoms with E-state index in [1.54, 1.807) is 35.5 Å². The number of hydrogen-bond acceptors (Lipinski definition) is 4. The number of alkyl halides is 3. The molecule has 1 aromatic carbocycles. The van der Waals surface area contributed by atoms with E-state index in [9.17, 15) is 21.6 Å². The zero-order chi connectivity index (χ0) is 19.5. The summed E-state index contributed by atoms with van der Waals surface area (Å²) in [4.78, 5) is 0. The molecule has 10 heteroatoms. The lowest BCUT2D eigenvalue weighted by Gasteiger charge is -2.09. The molecular formula is C17H16F3N3O3S. The lowest BCUT2D eigenvalue weighted by molar-refractivity contribution is -0.137. The van der Waals surface area contributed by atoms with Crippen LogP contribution < -0.4 is 4.72 Å². The molecule has 0 unspecified atom stereocenters. The van der Waals surface area contributed by atoms with Crippen molar-refractivity contribution in [1.82, 2.24) is 14.5 Å². The molecule has 0 aliphatic carbocycles. The highest BCUT2D eigenvalue weighted by molar-refractivity contribution is 7.88. The molecule has 0 bridgehead atoms. The first kappa shape index (κ1) is 19.2. The summed E-state index contributed by atoms with van der Waals surface area (Å²) >= 11 is 0. The zero-order valence-electron chi connectivity index (χ0n) is 14.0. The Balaban J connectivity index is 1.53. The largest absolute Gasteiger partial charge is 0.464 e. The molecular weight excluding hydrogens is 383 g/mol. The van der Waals surface area contributed by atoms with Crippen LogP contribution in [0.5, 0.6) is 0 Å². The Morgan fingerprint density at radius 2 is 1.89 bits per heavy atom. The molecule has 0 fully saturated rings. The summed E-state index contributed by atoms with van der Waals surface area (Å²) in [6, 6.07) is 7.59. The van der Waals surface area contributed by atoms with Crippen molar-refractivity contribution < 1.29 is 26.0 Å². The molecule has 0 saturated heterocycles. The average Bonchev–Trinajstić information content (AvgIpc) is 3.25. The molecule has 0 amide bonds. The third-order valence-corrected chi connectivity index (χ3v) is 5.10. The fourth-order valence-corrected chi connectivity index (χ4v) is 3.57. The number of nitrogens with zero attached hydrogens (tertiary/aromatic N) is 2. The molecule has 3 rings (SSSR count). The van der Waals surface area contributed by atoms with Crippen LogP contribution in [0.15, 0.2) is 59.5 Å². The van der Waals surface area contributed by atoms with Gasteiger partial charge in [0.25, 0.3) is 0 Å². The van der Waals surface area contributed by atoms with Gasteiger partial charge in [-0.3, -0.25) is 4.68 Å². The van der Waals surface area contributed by atoms with E-state index in [4.69, 9.17) is 4.42 Å². The van der Waals surface area contributed by atoms with E-state index in [1.807, 2.05) is 0 Å². The van der Waals surface area contributed by atoms with E-state index in [1.165, 1.54) is 0 Å². The van der Waals surface area contributed by atoms with Gasteiger partial charge in [-0.1, -0.05) is 12.1 Å². The van der Waals surface area contributed by atoms with Crippen molar-refractivity contribution in [3.05, 3.63) is 66.2 Å². The van der Waals surface area contributed by atoms with Crippen LogP contribution in [0.25, 0.3) is 11.3 Å². The highest BCUT2D eigenvalue weighted by Crippen LogP contribution is 2.29. The number of benzene rings is 1. The topological polar surface area (TPSA) is 77.1 Å². The molecule has 2 aromatic heterocycles. The fraction of sp³-hybridized carbons (Fsp3) is 0.235. The Bertz CT molecular complexity index is 979. The second kappa shape index (κ2) is 7.57. The number of aromatic nitrogens is 2. The van der Waals surface area contributed by atoms with Gasteiger partial charge >= 0.3 is 6.18 Å². The Morgan fingerprint density at radius 1 is 1.15 bits per heavy atom. The molecule has 0 aliphatic rings. The third kappa shape index (κ3) is 5.20. The van der Waals surface area contributed by atoms with Crippen molar-refractivity contribution in [2.45, 2.75) is 18.5 Å². The maximum Gasteiger partial charge on any atom is 0.416 e. The standard InChI is InChI=1S/C17H16F3N3O3S/c18-17(19,20)15-5-3-13(4-6-15)12-27(24,25)22-7-8-23-11-14(10-21-23)16-2-1-9-26-16/h1-6,9-11,22H,7-8,12H2. The molecule has 27 heavy (non-hydrogen) atoms. The smallest absolute Gasteiger partial charge is 0.416 e. The summed E-state index contributed by atoms with van der Waals surface area (Å²) in [5.74, 6) is 0.256. The third-order valence-electron chi connectivity index (χ3n) is 3.74. The molecule has 0 atom stereocenters. The molecule has 6 nitrogen and oxygen atoms in total. The van der Waals surface area contributed by atoms with Gasteiger partial charge in [0.2, 0.25) is 10.0 Å². The highest BCUT2D eigenvalue weighted by Gasteiger charge is 2.30. The maximum atomic E-state index is 12.5. The van der Waals surface area contributed by atoms with Gasteiger partial charge in [0.15, 0.2) is 0 Å². The van der Waals surface area contributed by atoms with Crippen LogP contribution in [-0.2, 0) is 28.5 Å². The van der Waals surface area contributed by atoms with Crippen molar-refractivity contribution in [2.75, 3.05) is 6.54 Å². The second-order valence-electron chi connectivity index (χ2n) is 5.82. The van der Waals surface area contributed by atoms with E-state index >= 15 is 0 Å². The number of hydrogen-bond donors (Lipinski definition) is 1. The Hall–Kier alpha value is -2.59. The van der Waals surface area contributed by atoms with Gasteiger partial charge in [0, 0.05) is 12.7 Å². The number of furan rings is 1. The minimum Gasteiger partial charge on any atom is -0.464 e. The first-order chi connectivity index (χ1) is 12.7. The molecule has 3 aromatic rings. The molecule has 0 saturated carbocycles. The van der Waals surface area contributed by atoms with E-state index in [2.05, 4.69) is 9.82 Å². The van der Waals surface area contributed by atoms with Crippen LogP contribution in [0.2, 0.25) is 0 Å². The van der Waals surface area contributed by atoms with Crippen LogP contribution in [0.1, 0.15) is 11.1 Å². The predicted molar refractivity (Wildman–Crippen MR) is 92.0 cm³/mol. The molecule has 0 aliphatic heterocycles. The molecule has 0 spiro atoms. The summed E-state index contributed by atoms with van der Waals surface area (Å²) in [7, 11) is -3.68. The van der Waals surface area contributed by atoms with Gasteiger partial charge < -0.3 is 4.42 Å². The zero-order valence-corrected chi connectivity index (χ0v) is 14.8. The van der Waals surface area contributed by atoms with Crippen molar-refractivity contribution in [2.24, 2.45) is 0 Å². The van der Waals surface area contributed by atoms with Crippen molar-refractivity contribution >= 4 is 10.0 Å². The minimum atomic E-state index is -4.45. The number of halogens is 3. The fourth-order valence-electron chi connectivity index (χ4n) is 2.43. The summed E-state index contributed by atoms with van der Waals surface area (Å²) < 4.78 is 71.0. The molecule has 144 valence electrons. The van der Waals surface area contributed by atoms with Crippen LogP contribution >= 0.6 is 0 Å². The van der Waals surface area contributed by atoms with Gasteiger partial charge in [-0.05, 0) is 29.8 Å². The van der Waals surface area contributed by atoms with Crippen LogP contribution in [0.3, 0.4) is 0 Å². The second-order valence-corrected chi connectivity index (χ2v) is 7.62. The Morgan fingerprint density at radius 3 is 2.52 bits per heavy atom. The van der Waals surface area contributed by atoms with E-state index in [0.29, 0.717) is 12.3 Å². The number of nitrogens with one attached hydrogen (secondary N) is 1. The SMILES string of the molecule is O=S(=O)(Cc1ccc(C(F)(F)F)cc1)NCCn1cc(-c2ccco2)cn1. The lowest BCUT2D eigenvalue weighted by atomic mass is 10.1. The summed E-state index contributed by atoms with van der Waals surface area (Å²) in [6.45, 7) is 0.398. The normalized spacial score (nSPS) is 12.4. The van der Waals surface area contributed by atoms with Gasteiger partial charge in [0.05, 0.1) is 35.9 Å². The van der Waals surface area contributed by atoms with Crippen LogP contribution in [0.4, 0.5) is 13.2 Å². The van der Waals surface area contributed by atoms with Crippen molar-refractivity contribution in [1.29, 1.82) is 0 Å². The summed E-state index contributed by atoms with van der Waals surface area (Å²) in [5, 5.41) is 4.12. The van der Waals surface area contributed by atoms with Gasteiger partial charge in [-0.25, -0.2) is 13.1 Å². The maximum absolute atomic E-state index is 12.5. The monoisotopic (exact) mass is 399 g/mol. The van der Waals surface area contributed by atoms with Crippen LogP contribution in [-0.4, -0.2) is 24.7 Å². The van der Waals surface area contributed by atoms with Gasteiger partial charge in [0.1, 0.15) is 5.76 Å². The predicted octanol–water partition coefficient (Wildman–Crippen LogP) is 3.28. The molecule has 0 radical (unpaired) electrons. The first-order valence-corrected chi connectivity index (χ1v) is 9.58. The Labute approximate surface area is 153 Å². The summed E-state index contributed by atoms with van der Waals surface area (Å²) in [5.41, 5.74) is 0.227. The van der Waals surface area contributed by atoms with E-state index in [0.717, 1.165) is 29.8 Å². The van der Waals surface area contributed by atoms with E-state index in [-0.39, 0.29) is 12.1 Å². The van der Waals surface area contributed by atoms with Crippen LogP contribution in [0, 0.1) is 0 Å². The van der Waals surface area contributed by atoms with Gasteiger partial charge in [-0.2, -0.15) is 18.3 Å². The molecule has 1 N–H and O–H groups in total. The van der Waals surface area contributed by atoms with E-state index < -0.39 is 27.5 Å².